The van der Waals surface area contributed by atoms with E-state index in [9.17, 15) is 0 Å². The minimum absolute atomic E-state index is 0.522. The van der Waals surface area contributed by atoms with Gasteiger partial charge in [-0.2, -0.15) is 5.10 Å². The minimum atomic E-state index is 0.522. The van der Waals surface area contributed by atoms with Gasteiger partial charge in [-0.15, -0.1) is 0 Å². The third kappa shape index (κ3) is 4.77. The van der Waals surface area contributed by atoms with Crippen molar-refractivity contribution in [2.24, 2.45) is 10.9 Å². The first-order valence-electron chi connectivity index (χ1n) is 9.34. The molecule has 1 heterocycles. The van der Waals surface area contributed by atoms with Crippen LogP contribution in [0.4, 0.5) is 0 Å². The Morgan fingerprint density at radius 2 is 1.92 bits per heavy atom. The number of guanidine groups is 1. The number of nitrogens with one attached hydrogen (secondary N) is 2. The molecule has 2 N–H and O–H groups in total. The van der Waals surface area contributed by atoms with Gasteiger partial charge in [-0.1, -0.05) is 6.92 Å². The van der Waals surface area contributed by atoms with E-state index in [1.807, 2.05) is 48.3 Å². The van der Waals surface area contributed by atoms with Gasteiger partial charge in [0.05, 0.1) is 25.0 Å². The number of methoxy groups -OCH3 is 1. The summed E-state index contributed by atoms with van der Waals surface area (Å²) in [6.45, 7) is 2.98. The maximum atomic E-state index is 5.20. The molecule has 6 nitrogen and oxygen atoms in total. The van der Waals surface area contributed by atoms with Gasteiger partial charge in [-0.3, -0.25) is 4.99 Å². The number of aliphatic imine (C=N–C) groups is 1. The van der Waals surface area contributed by atoms with E-state index in [2.05, 4.69) is 27.6 Å². The van der Waals surface area contributed by atoms with Crippen LogP contribution in [0.25, 0.3) is 5.69 Å². The molecule has 1 aliphatic rings. The van der Waals surface area contributed by atoms with Crippen LogP contribution >= 0.6 is 0 Å². The zero-order valence-corrected chi connectivity index (χ0v) is 15.9. The molecule has 2 aromatic rings. The summed E-state index contributed by atoms with van der Waals surface area (Å²) in [5.41, 5.74) is 1.98. The molecule has 26 heavy (non-hydrogen) atoms. The van der Waals surface area contributed by atoms with E-state index < -0.39 is 0 Å². The average molecular weight is 355 g/mol. The van der Waals surface area contributed by atoms with Crippen molar-refractivity contribution < 1.29 is 4.74 Å². The highest BCUT2D eigenvalue weighted by Crippen LogP contribution is 2.23. The molecule has 0 spiro atoms. The van der Waals surface area contributed by atoms with Crippen molar-refractivity contribution in [2.45, 2.75) is 45.2 Å². The van der Waals surface area contributed by atoms with Crippen molar-refractivity contribution in [3.63, 3.8) is 0 Å². The van der Waals surface area contributed by atoms with Crippen molar-refractivity contribution >= 4 is 5.96 Å². The fourth-order valence-corrected chi connectivity index (χ4v) is 3.30. The van der Waals surface area contributed by atoms with Crippen LogP contribution in [-0.4, -0.2) is 35.9 Å². The van der Waals surface area contributed by atoms with Gasteiger partial charge in [0.1, 0.15) is 5.75 Å². The number of hydrogen-bond acceptors (Lipinski definition) is 3. The first-order chi connectivity index (χ1) is 12.7. The van der Waals surface area contributed by atoms with E-state index in [1.165, 1.54) is 25.7 Å². The smallest absolute Gasteiger partial charge is 0.191 e. The highest BCUT2D eigenvalue weighted by atomic mass is 16.5. The zero-order valence-electron chi connectivity index (χ0n) is 15.9. The van der Waals surface area contributed by atoms with Gasteiger partial charge in [0, 0.05) is 19.3 Å². The Bertz CT molecular complexity index is 714. The van der Waals surface area contributed by atoms with Crippen LogP contribution in [0.2, 0.25) is 0 Å². The molecule has 3 rings (SSSR count). The minimum Gasteiger partial charge on any atom is -0.497 e. The van der Waals surface area contributed by atoms with E-state index in [1.54, 1.807) is 7.11 Å². The molecule has 0 aliphatic heterocycles. The van der Waals surface area contributed by atoms with Crippen LogP contribution in [0.5, 0.6) is 5.75 Å². The van der Waals surface area contributed by atoms with Crippen molar-refractivity contribution in [3.05, 3.63) is 42.2 Å². The highest BCUT2D eigenvalue weighted by Gasteiger charge is 2.18. The molecule has 1 aliphatic carbocycles. The summed E-state index contributed by atoms with van der Waals surface area (Å²) in [4.78, 5) is 4.35. The fourth-order valence-electron chi connectivity index (χ4n) is 3.30. The second-order valence-corrected chi connectivity index (χ2v) is 6.98. The predicted molar refractivity (Wildman–Crippen MR) is 105 cm³/mol. The third-order valence-corrected chi connectivity index (χ3v) is 5.00. The lowest BCUT2D eigenvalue weighted by atomic mass is 9.87. The summed E-state index contributed by atoms with van der Waals surface area (Å²) in [5.74, 6) is 2.54. The third-order valence-electron chi connectivity index (χ3n) is 5.00. The van der Waals surface area contributed by atoms with Gasteiger partial charge < -0.3 is 15.4 Å². The molecule has 0 unspecified atom stereocenters. The van der Waals surface area contributed by atoms with Crippen LogP contribution in [0.1, 0.15) is 38.3 Å². The SMILES string of the molecule is CN=C(NCc1ccn(-c2ccc(OC)cc2)n1)NC1CCC(C)CC1. The summed E-state index contributed by atoms with van der Waals surface area (Å²) in [7, 11) is 3.48. The van der Waals surface area contributed by atoms with Crippen LogP contribution in [-0.2, 0) is 6.54 Å². The summed E-state index contributed by atoms with van der Waals surface area (Å²) < 4.78 is 7.07. The van der Waals surface area contributed by atoms with E-state index in [-0.39, 0.29) is 0 Å². The summed E-state index contributed by atoms with van der Waals surface area (Å²) in [6.07, 6.45) is 6.99. The predicted octanol–water partition coefficient (Wildman–Crippen LogP) is 3.12. The lowest BCUT2D eigenvalue weighted by Gasteiger charge is -2.28. The van der Waals surface area contributed by atoms with Crippen LogP contribution in [0, 0.1) is 5.92 Å². The summed E-state index contributed by atoms with van der Waals surface area (Å²) in [5, 5.41) is 11.5. The fraction of sp³-hybridized carbons (Fsp3) is 0.500. The van der Waals surface area contributed by atoms with Crippen molar-refractivity contribution in [1.29, 1.82) is 0 Å². The van der Waals surface area contributed by atoms with E-state index in [4.69, 9.17) is 4.74 Å². The molecular weight excluding hydrogens is 326 g/mol. The van der Waals surface area contributed by atoms with E-state index in [0.29, 0.717) is 12.6 Å². The van der Waals surface area contributed by atoms with Gasteiger partial charge in [0.2, 0.25) is 0 Å². The first kappa shape index (κ1) is 18.3. The molecular formula is C20H29N5O. The lowest BCUT2D eigenvalue weighted by molar-refractivity contribution is 0.329. The Hall–Kier alpha value is -2.50. The molecule has 0 radical (unpaired) electrons. The topological polar surface area (TPSA) is 63.5 Å². The van der Waals surface area contributed by atoms with Gasteiger partial charge in [0.15, 0.2) is 5.96 Å². The standard InChI is InChI=1S/C20H29N5O/c1-15-4-6-16(7-5-15)23-20(21-2)22-14-17-12-13-25(24-17)18-8-10-19(26-3)11-9-18/h8-13,15-16H,4-7,14H2,1-3H3,(H2,21,22,23). The van der Waals surface area contributed by atoms with Gasteiger partial charge >= 0.3 is 0 Å². The largest absolute Gasteiger partial charge is 0.497 e. The maximum Gasteiger partial charge on any atom is 0.191 e. The zero-order chi connectivity index (χ0) is 18.4. The van der Waals surface area contributed by atoms with E-state index in [0.717, 1.165) is 29.0 Å². The number of nitrogens with zero attached hydrogens (tertiary/aromatic N) is 3. The molecule has 0 amide bonds. The average Bonchev–Trinajstić information content (AvgIpc) is 3.15. The Morgan fingerprint density at radius 1 is 1.19 bits per heavy atom. The normalized spacial score (nSPS) is 20.7. The molecule has 1 aromatic heterocycles. The Morgan fingerprint density at radius 3 is 2.58 bits per heavy atom. The first-order valence-corrected chi connectivity index (χ1v) is 9.34. The second-order valence-electron chi connectivity index (χ2n) is 6.98. The van der Waals surface area contributed by atoms with Crippen LogP contribution < -0.4 is 15.4 Å². The monoisotopic (exact) mass is 355 g/mol. The molecule has 6 heteroatoms. The van der Waals surface area contributed by atoms with Crippen molar-refractivity contribution in [2.75, 3.05) is 14.2 Å². The summed E-state index contributed by atoms with van der Waals surface area (Å²) >= 11 is 0. The van der Waals surface area contributed by atoms with Crippen molar-refractivity contribution in [1.82, 2.24) is 20.4 Å². The number of hydrogen-bond donors (Lipinski definition) is 2. The van der Waals surface area contributed by atoms with Gasteiger partial charge in [0.25, 0.3) is 0 Å². The van der Waals surface area contributed by atoms with Crippen LogP contribution in [0.15, 0.2) is 41.5 Å². The molecule has 1 saturated carbocycles. The molecule has 1 aromatic carbocycles. The number of rotatable bonds is 5. The lowest BCUT2D eigenvalue weighted by Crippen LogP contribution is -2.44. The summed E-state index contributed by atoms with van der Waals surface area (Å²) in [6, 6.07) is 10.4. The number of ether oxygens (including phenoxy) is 1. The van der Waals surface area contributed by atoms with Gasteiger partial charge in [-0.05, 0) is 61.9 Å². The molecule has 0 atom stereocenters. The van der Waals surface area contributed by atoms with Crippen molar-refractivity contribution in [3.8, 4) is 11.4 Å². The number of benzene rings is 1. The Kier molecular flexibility index (Phi) is 6.15. The molecule has 140 valence electrons. The quantitative estimate of drug-likeness (QED) is 0.639. The highest BCUT2D eigenvalue weighted by molar-refractivity contribution is 5.79. The molecule has 0 saturated heterocycles. The second kappa shape index (κ2) is 8.74. The van der Waals surface area contributed by atoms with E-state index >= 15 is 0 Å². The Labute approximate surface area is 155 Å². The molecule has 1 fully saturated rings. The Balaban J connectivity index is 1.53. The number of aromatic nitrogens is 2. The maximum absolute atomic E-state index is 5.20. The molecule has 0 bridgehead atoms. The van der Waals surface area contributed by atoms with Crippen LogP contribution in [0.3, 0.4) is 0 Å². The van der Waals surface area contributed by atoms with Gasteiger partial charge in [-0.25, -0.2) is 4.68 Å².